The Morgan fingerprint density at radius 1 is 1.27 bits per heavy atom. The SMILES string of the molecule is CCC(C)C(N)C(=O)OCCOC(C)C. The summed E-state index contributed by atoms with van der Waals surface area (Å²) in [5.74, 6) is -0.180. The minimum absolute atomic E-state index is 0.156. The molecule has 90 valence electrons. The number of hydrogen-bond donors (Lipinski definition) is 1. The van der Waals surface area contributed by atoms with E-state index in [4.69, 9.17) is 15.2 Å². The zero-order valence-electron chi connectivity index (χ0n) is 10.2. The van der Waals surface area contributed by atoms with E-state index in [0.29, 0.717) is 6.61 Å². The summed E-state index contributed by atoms with van der Waals surface area (Å²) in [6.07, 6.45) is 1.03. The van der Waals surface area contributed by atoms with E-state index in [-0.39, 0.29) is 24.6 Å². The quantitative estimate of drug-likeness (QED) is 0.516. The Bertz CT molecular complexity index is 183. The molecular formula is C11H23NO3. The van der Waals surface area contributed by atoms with E-state index in [9.17, 15) is 4.79 Å². The fourth-order valence-corrected chi connectivity index (χ4v) is 1.01. The number of carbonyl (C=O) groups is 1. The Balaban J connectivity index is 3.65. The molecule has 0 aliphatic heterocycles. The van der Waals surface area contributed by atoms with Gasteiger partial charge in [-0.15, -0.1) is 0 Å². The first kappa shape index (κ1) is 14.4. The summed E-state index contributed by atoms with van der Waals surface area (Å²) in [5.41, 5.74) is 5.70. The molecule has 0 spiro atoms. The van der Waals surface area contributed by atoms with Gasteiger partial charge in [0.2, 0.25) is 0 Å². The molecule has 0 aromatic carbocycles. The molecule has 2 N–H and O–H groups in total. The van der Waals surface area contributed by atoms with Crippen LogP contribution in [0.1, 0.15) is 34.1 Å². The molecule has 2 atom stereocenters. The minimum Gasteiger partial charge on any atom is -0.462 e. The highest BCUT2D eigenvalue weighted by Crippen LogP contribution is 2.06. The average molecular weight is 217 g/mol. The van der Waals surface area contributed by atoms with E-state index < -0.39 is 6.04 Å². The van der Waals surface area contributed by atoms with Crippen molar-refractivity contribution in [3.63, 3.8) is 0 Å². The fourth-order valence-electron chi connectivity index (χ4n) is 1.01. The lowest BCUT2D eigenvalue weighted by Gasteiger charge is -2.17. The molecular weight excluding hydrogens is 194 g/mol. The van der Waals surface area contributed by atoms with Gasteiger partial charge in [-0.05, 0) is 19.8 Å². The topological polar surface area (TPSA) is 61.6 Å². The summed E-state index contributed by atoms with van der Waals surface area (Å²) >= 11 is 0. The second-order valence-corrected chi connectivity index (χ2v) is 4.00. The summed E-state index contributed by atoms with van der Waals surface area (Å²) in [7, 11) is 0. The van der Waals surface area contributed by atoms with Crippen molar-refractivity contribution in [1.82, 2.24) is 0 Å². The molecule has 2 unspecified atom stereocenters. The Hall–Kier alpha value is -0.610. The molecule has 0 bridgehead atoms. The van der Waals surface area contributed by atoms with Gasteiger partial charge in [-0.2, -0.15) is 0 Å². The molecule has 0 fully saturated rings. The summed E-state index contributed by atoms with van der Waals surface area (Å²) in [6.45, 7) is 8.52. The normalized spacial score (nSPS) is 15.1. The monoisotopic (exact) mass is 217 g/mol. The van der Waals surface area contributed by atoms with Crippen LogP contribution in [0.25, 0.3) is 0 Å². The van der Waals surface area contributed by atoms with Crippen LogP contribution < -0.4 is 5.73 Å². The molecule has 0 amide bonds. The van der Waals surface area contributed by atoms with Crippen LogP contribution in [-0.4, -0.2) is 31.3 Å². The predicted octanol–water partition coefficient (Wildman–Crippen LogP) is 1.33. The van der Waals surface area contributed by atoms with Crippen LogP contribution in [0.4, 0.5) is 0 Å². The van der Waals surface area contributed by atoms with Crippen LogP contribution in [0.3, 0.4) is 0 Å². The van der Waals surface area contributed by atoms with Crippen LogP contribution in [0.15, 0.2) is 0 Å². The molecule has 4 heteroatoms. The van der Waals surface area contributed by atoms with Gasteiger partial charge in [0.05, 0.1) is 12.7 Å². The Morgan fingerprint density at radius 3 is 2.33 bits per heavy atom. The molecule has 0 aliphatic rings. The molecule has 0 rings (SSSR count). The zero-order chi connectivity index (χ0) is 11.8. The molecule has 0 aromatic rings. The van der Waals surface area contributed by atoms with Crippen LogP contribution in [0.5, 0.6) is 0 Å². The highest BCUT2D eigenvalue weighted by atomic mass is 16.6. The van der Waals surface area contributed by atoms with Gasteiger partial charge >= 0.3 is 5.97 Å². The van der Waals surface area contributed by atoms with Gasteiger partial charge in [-0.25, -0.2) is 0 Å². The standard InChI is InChI=1S/C11H23NO3/c1-5-9(4)10(12)11(13)15-7-6-14-8(2)3/h8-10H,5-7,12H2,1-4H3. The number of ether oxygens (including phenoxy) is 2. The van der Waals surface area contributed by atoms with Crippen LogP contribution in [0.2, 0.25) is 0 Å². The maximum Gasteiger partial charge on any atom is 0.323 e. The van der Waals surface area contributed by atoms with Crippen molar-refractivity contribution in [2.75, 3.05) is 13.2 Å². The molecule has 0 heterocycles. The van der Waals surface area contributed by atoms with Crippen molar-refractivity contribution in [3.05, 3.63) is 0 Å². The van der Waals surface area contributed by atoms with Crippen molar-refractivity contribution in [2.45, 2.75) is 46.3 Å². The van der Waals surface area contributed by atoms with E-state index >= 15 is 0 Å². The molecule has 0 radical (unpaired) electrons. The van der Waals surface area contributed by atoms with Crippen molar-refractivity contribution >= 4 is 5.97 Å². The second-order valence-electron chi connectivity index (χ2n) is 4.00. The van der Waals surface area contributed by atoms with Gasteiger partial charge in [0.1, 0.15) is 12.6 Å². The Morgan fingerprint density at radius 2 is 1.87 bits per heavy atom. The van der Waals surface area contributed by atoms with Crippen molar-refractivity contribution < 1.29 is 14.3 Å². The van der Waals surface area contributed by atoms with Crippen LogP contribution >= 0.6 is 0 Å². The van der Waals surface area contributed by atoms with Gasteiger partial charge in [0.25, 0.3) is 0 Å². The lowest BCUT2D eigenvalue weighted by Crippen LogP contribution is -2.38. The zero-order valence-corrected chi connectivity index (χ0v) is 10.2. The van der Waals surface area contributed by atoms with Gasteiger partial charge in [0.15, 0.2) is 0 Å². The van der Waals surface area contributed by atoms with Crippen molar-refractivity contribution in [3.8, 4) is 0 Å². The molecule has 0 saturated carbocycles. The van der Waals surface area contributed by atoms with E-state index in [1.54, 1.807) is 0 Å². The number of carbonyl (C=O) groups excluding carboxylic acids is 1. The number of rotatable bonds is 7. The van der Waals surface area contributed by atoms with E-state index in [0.717, 1.165) is 6.42 Å². The average Bonchev–Trinajstić information content (AvgIpc) is 2.21. The lowest BCUT2D eigenvalue weighted by molar-refractivity contribution is -0.148. The first-order chi connectivity index (χ1) is 6.99. The molecule has 15 heavy (non-hydrogen) atoms. The Kier molecular flexibility index (Phi) is 7.34. The van der Waals surface area contributed by atoms with Crippen LogP contribution in [0, 0.1) is 5.92 Å². The van der Waals surface area contributed by atoms with Crippen molar-refractivity contribution in [1.29, 1.82) is 0 Å². The predicted molar refractivity (Wildman–Crippen MR) is 59.5 cm³/mol. The first-order valence-corrected chi connectivity index (χ1v) is 5.52. The minimum atomic E-state index is -0.519. The van der Waals surface area contributed by atoms with E-state index in [2.05, 4.69) is 0 Å². The molecule has 0 saturated heterocycles. The summed E-state index contributed by atoms with van der Waals surface area (Å²) in [5, 5.41) is 0. The fraction of sp³-hybridized carbons (Fsp3) is 0.909. The first-order valence-electron chi connectivity index (χ1n) is 5.52. The van der Waals surface area contributed by atoms with Gasteiger partial charge in [-0.3, -0.25) is 4.79 Å². The maximum absolute atomic E-state index is 11.4. The van der Waals surface area contributed by atoms with Gasteiger partial charge < -0.3 is 15.2 Å². The third-order valence-corrected chi connectivity index (χ3v) is 2.31. The number of hydrogen-bond acceptors (Lipinski definition) is 4. The highest BCUT2D eigenvalue weighted by molar-refractivity contribution is 5.75. The Labute approximate surface area is 92.1 Å². The van der Waals surface area contributed by atoms with Gasteiger partial charge in [0, 0.05) is 0 Å². The van der Waals surface area contributed by atoms with Gasteiger partial charge in [-0.1, -0.05) is 20.3 Å². The third-order valence-electron chi connectivity index (χ3n) is 2.31. The van der Waals surface area contributed by atoms with Crippen molar-refractivity contribution in [2.24, 2.45) is 11.7 Å². The second kappa shape index (κ2) is 7.65. The summed E-state index contributed by atoms with van der Waals surface area (Å²) in [6, 6.07) is -0.519. The maximum atomic E-state index is 11.4. The van der Waals surface area contributed by atoms with E-state index in [1.807, 2.05) is 27.7 Å². The molecule has 0 aromatic heterocycles. The summed E-state index contributed by atoms with van der Waals surface area (Å²) in [4.78, 5) is 11.4. The largest absolute Gasteiger partial charge is 0.462 e. The lowest BCUT2D eigenvalue weighted by atomic mass is 10.0. The smallest absolute Gasteiger partial charge is 0.323 e. The third kappa shape index (κ3) is 6.47. The molecule has 4 nitrogen and oxygen atoms in total. The summed E-state index contributed by atoms with van der Waals surface area (Å²) < 4.78 is 10.2. The molecule has 0 aliphatic carbocycles. The highest BCUT2D eigenvalue weighted by Gasteiger charge is 2.20. The number of nitrogens with two attached hydrogens (primary N) is 1. The number of esters is 1. The van der Waals surface area contributed by atoms with Crippen LogP contribution in [-0.2, 0) is 14.3 Å². The van der Waals surface area contributed by atoms with E-state index in [1.165, 1.54) is 0 Å².